The lowest BCUT2D eigenvalue weighted by atomic mass is 9.86. The molecule has 2 bridgehead atoms. The van der Waals surface area contributed by atoms with Crippen LogP contribution in [0.4, 0.5) is 0 Å². The number of benzene rings is 1. The maximum Gasteiger partial charge on any atom is 0.220 e. The maximum absolute atomic E-state index is 12.3. The van der Waals surface area contributed by atoms with Gasteiger partial charge in [0.05, 0.1) is 12.7 Å². The van der Waals surface area contributed by atoms with Crippen LogP contribution in [0.5, 0.6) is 0 Å². The molecule has 0 radical (unpaired) electrons. The molecule has 2 aliphatic carbocycles. The summed E-state index contributed by atoms with van der Waals surface area (Å²) < 4.78 is 5.86. The zero-order valence-corrected chi connectivity index (χ0v) is 15.0. The minimum Gasteiger partial charge on any atom is -0.374 e. The Morgan fingerprint density at radius 2 is 2.08 bits per heavy atom. The highest BCUT2D eigenvalue weighted by Crippen LogP contribution is 2.49. The first-order chi connectivity index (χ1) is 12.3. The van der Waals surface area contributed by atoms with Gasteiger partial charge < -0.3 is 10.1 Å². The van der Waals surface area contributed by atoms with E-state index in [1.54, 1.807) is 0 Å². The molecule has 4 rings (SSSR count). The second-order valence-electron chi connectivity index (χ2n) is 8.16. The third-order valence-corrected chi connectivity index (χ3v) is 6.33. The lowest BCUT2D eigenvalue weighted by Crippen LogP contribution is -2.47. The summed E-state index contributed by atoms with van der Waals surface area (Å²) in [6, 6.07) is 10.6. The van der Waals surface area contributed by atoms with E-state index in [0.717, 1.165) is 44.5 Å². The maximum atomic E-state index is 12.3. The number of rotatable bonds is 6. The van der Waals surface area contributed by atoms with Gasteiger partial charge >= 0.3 is 0 Å². The monoisotopic (exact) mass is 342 g/mol. The van der Waals surface area contributed by atoms with E-state index in [1.807, 2.05) is 0 Å². The predicted molar refractivity (Wildman–Crippen MR) is 98.0 cm³/mol. The molecule has 1 saturated heterocycles. The van der Waals surface area contributed by atoms with E-state index in [-0.39, 0.29) is 12.0 Å². The van der Waals surface area contributed by atoms with Gasteiger partial charge in [-0.2, -0.15) is 0 Å². The summed E-state index contributed by atoms with van der Waals surface area (Å²) in [5.41, 5.74) is 1.34. The Morgan fingerprint density at radius 3 is 2.84 bits per heavy atom. The largest absolute Gasteiger partial charge is 0.374 e. The number of hydrogen-bond acceptors (Lipinski definition) is 3. The van der Waals surface area contributed by atoms with Crippen molar-refractivity contribution in [3.63, 3.8) is 0 Å². The van der Waals surface area contributed by atoms with Crippen molar-refractivity contribution in [3.05, 3.63) is 35.9 Å². The van der Waals surface area contributed by atoms with Crippen molar-refractivity contribution >= 4 is 5.91 Å². The molecule has 1 N–H and O–H groups in total. The second kappa shape index (κ2) is 7.88. The van der Waals surface area contributed by atoms with Gasteiger partial charge in [0.1, 0.15) is 0 Å². The highest BCUT2D eigenvalue weighted by atomic mass is 16.5. The lowest BCUT2D eigenvalue weighted by molar-refractivity contribution is -0.123. The van der Waals surface area contributed by atoms with Crippen molar-refractivity contribution in [1.29, 1.82) is 0 Å². The van der Waals surface area contributed by atoms with Crippen molar-refractivity contribution in [1.82, 2.24) is 10.2 Å². The number of morpholine rings is 1. The summed E-state index contributed by atoms with van der Waals surface area (Å²) >= 11 is 0. The molecule has 0 aromatic heterocycles. The predicted octanol–water partition coefficient (Wildman–Crippen LogP) is 2.83. The fraction of sp³-hybridized carbons (Fsp3) is 0.667. The molecule has 2 saturated carbocycles. The van der Waals surface area contributed by atoms with Crippen LogP contribution in [0.1, 0.15) is 37.7 Å². The van der Waals surface area contributed by atoms with Gasteiger partial charge in [0.25, 0.3) is 0 Å². The van der Waals surface area contributed by atoms with Crippen molar-refractivity contribution in [2.24, 2.45) is 17.8 Å². The molecule has 1 heterocycles. The Labute approximate surface area is 150 Å². The summed E-state index contributed by atoms with van der Waals surface area (Å²) in [6.45, 7) is 4.21. The topological polar surface area (TPSA) is 41.6 Å². The minimum atomic E-state index is 0.112. The first kappa shape index (κ1) is 17.0. The number of nitrogens with zero attached hydrogens (tertiary/aromatic N) is 1. The molecular formula is C21H30N2O2. The number of carbonyl (C=O) groups is 1. The van der Waals surface area contributed by atoms with E-state index in [4.69, 9.17) is 4.74 Å². The number of hydrogen-bond donors (Lipinski definition) is 1. The summed E-state index contributed by atoms with van der Waals surface area (Å²) in [7, 11) is 0. The van der Waals surface area contributed by atoms with E-state index < -0.39 is 0 Å². The molecule has 4 heteroatoms. The summed E-state index contributed by atoms with van der Waals surface area (Å²) in [5, 5.41) is 3.13. The fourth-order valence-corrected chi connectivity index (χ4v) is 5.05. The molecule has 25 heavy (non-hydrogen) atoms. The molecule has 3 aliphatic rings. The number of fused-ring (bicyclic) bond motifs is 2. The van der Waals surface area contributed by atoms with Crippen LogP contribution in [0.15, 0.2) is 30.3 Å². The molecule has 3 fully saturated rings. The minimum absolute atomic E-state index is 0.112. The standard InChI is InChI=1S/C21H30N2O2/c24-21(12-19-11-17-6-7-18(19)10-17)22-13-20-15-23(8-9-25-20)14-16-4-2-1-3-5-16/h1-5,17-20H,6-15H2,(H,22,24). The van der Waals surface area contributed by atoms with Crippen LogP contribution in [0, 0.1) is 17.8 Å². The summed E-state index contributed by atoms with van der Waals surface area (Å²) in [5.74, 6) is 2.60. The molecule has 4 unspecified atom stereocenters. The Morgan fingerprint density at radius 1 is 1.20 bits per heavy atom. The molecule has 1 aromatic carbocycles. The van der Waals surface area contributed by atoms with E-state index in [2.05, 4.69) is 40.5 Å². The average molecular weight is 342 g/mol. The first-order valence-corrected chi connectivity index (χ1v) is 9.91. The van der Waals surface area contributed by atoms with Crippen LogP contribution in [0.3, 0.4) is 0 Å². The van der Waals surface area contributed by atoms with Gasteiger partial charge in [-0.15, -0.1) is 0 Å². The SMILES string of the molecule is O=C(CC1CC2CCC1C2)NCC1CN(Cc2ccccc2)CCO1. The van der Waals surface area contributed by atoms with Crippen molar-refractivity contribution in [2.45, 2.75) is 44.8 Å². The van der Waals surface area contributed by atoms with Gasteiger partial charge in [0, 0.05) is 32.6 Å². The Hall–Kier alpha value is -1.39. The van der Waals surface area contributed by atoms with E-state index in [9.17, 15) is 4.79 Å². The van der Waals surface area contributed by atoms with Crippen LogP contribution < -0.4 is 5.32 Å². The molecule has 1 amide bonds. The number of ether oxygens (including phenoxy) is 1. The van der Waals surface area contributed by atoms with Crippen LogP contribution in [0.25, 0.3) is 0 Å². The Kier molecular flexibility index (Phi) is 5.37. The quantitative estimate of drug-likeness (QED) is 0.864. The highest BCUT2D eigenvalue weighted by molar-refractivity contribution is 5.76. The van der Waals surface area contributed by atoms with Crippen LogP contribution in [0.2, 0.25) is 0 Å². The van der Waals surface area contributed by atoms with Crippen molar-refractivity contribution in [2.75, 3.05) is 26.2 Å². The normalized spacial score (nSPS) is 32.0. The number of amides is 1. The van der Waals surface area contributed by atoms with E-state index >= 15 is 0 Å². The van der Waals surface area contributed by atoms with Crippen LogP contribution in [-0.2, 0) is 16.1 Å². The van der Waals surface area contributed by atoms with Gasteiger partial charge in [-0.1, -0.05) is 36.8 Å². The zero-order valence-electron chi connectivity index (χ0n) is 15.0. The smallest absolute Gasteiger partial charge is 0.220 e. The van der Waals surface area contributed by atoms with E-state index in [0.29, 0.717) is 12.5 Å². The zero-order chi connectivity index (χ0) is 17.1. The van der Waals surface area contributed by atoms with Gasteiger partial charge in [0.2, 0.25) is 5.91 Å². The fourth-order valence-electron chi connectivity index (χ4n) is 5.05. The lowest BCUT2D eigenvalue weighted by Gasteiger charge is -2.33. The van der Waals surface area contributed by atoms with Crippen LogP contribution >= 0.6 is 0 Å². The third-order valence-electron chi connectivity index (χ3n) is 6.33. The third kappa shape index (κ3) is 4.42. The molecule has 1 aromatic rings. The first-order valence-electron chi connectivity index (χ1n) is 9.91. The van der Waals surface area contributed by atoms with Gasteiger partial charge in [-0.05, 0) is 42.6 Å². The van der Waals surface area contributed by atoms with Crippen LogP contribution in [-0.4, -0.2) is 43.2 Å². The molecular weight excluding hydrogens is 312 g/mol. The Bertz CT molecular complexity index is 577. The van der Waals surface area contributed by atoms with Crippen molar-refractivity contribution in [3.8, 4) is 0 Å². The molecule has 1 aliphatic heterocycles. The van der Waals surface area contributed by atoms with Gasteiger partial charge in [-0.25, -0.2) is 0 Å². The molecule has 4 atom stereocenters. The molecule has 0 spiro atoms. The second-order valence-corrected chi connectivity index (χ2v) is 8.16. The number of nitrogens with one attached hydrogen (secondary N) is 1. The highest BCUT2D eigenvalue weighted by Gasteiger charge is 2.40. The van der Waals surface area contributed by atoms with Gasteiger partial charge in [0.15, 0.2) is 0 Å². The average Bonchev–Trinajstić information content (AvgIpc) is 3.24. The molecule has 4 nitrogen and oxygen atoms in total. The number of carbonyl (C=O) groups excluding carboxylic acids is 1. The van der Waals surface area contributed by atoms with Crippen molar-refractivity contribution < 1.29 is 9.53 Å². The van der Waals surface area contributed by atoms with Gasteiger partial charge in [-0.3, -0.25) is 9.69 Å². The Balaban J connectivity index is 1.19. The summed E-state index contributed by atoms with van der Waals surface area (Å²) in [4.78, 5) is 14.7. The summed E-state index contributed by atoms with van der Waals surface area (Å²) in [6.07, 6.45) is 6.24. The molecule has 136 valence electrons. The van der Waals surface area contributed by atoms with E-state index in [1.165, 1.54) is 31.2 Å².